The molecule has 16 heavy (non-hydrogen) atoms. The van der Waals surface area contributed by atoms with Gasteiger partial charge in [-0.05, 0) is 31.0 Å². The van der Waals surface area contributed by atoms with Crippen LogP contribution in [0, 0.1) is 6.92 Å². The van der Waals surface area contributed by atoms with Gasteiger partial charge in [0.15, 0.2) is 5.82 Å². The van der Waals surface area contributed by atoms with Crippen molar-refractivity contribution in [1.29, 1.82) is 0 Å². The molecule has 0 fully saturated rings. The molecule has 0 aliphatic carbocycles. The zero-order valence-corrected chi connectivity index (χ0v) is 10.2. The van der Waals surface area contributed by atoms with E-state index in [0.29, 0.717) is 5.88 Å². The van der Waals surface area contributed by atoms with Crippen molar-refractivity contribution in [3.63, 3.8) is 0 Å². The molecule has 0 bridgehead atoms. The average Bonchev–Trinajstić information content (AvgIpc) is 2.70. The molecule has 2 aromatic rings. The third-order valence-corrected chi connectivity index (χ3v) is 2.85. The summed E-state index contributed by atoms with van der Waals surface area (Å²) >= 11 is 5.83. The van der Waals surface area contributed by atoms with Crippen molar-refractivity contribution in [2.45, 2.75) is 26.1 Å². The van der Waals surface area contributed by atoms with E-state index in [9.17, 15) is 0 Å². The lowest BCUT2D eigenvalue weighted by atomic mass is 10.1. The van der Waals surface area contributed by atoms with Crippen LogP contribution in [0.2, 0.25) is 0 Å². The maximum Gasteiger partial charge on any atom is 0.152 e. The highest BCUT2D eigenvalue weighted by Crippen LogP contribution is 2.15. The molecule has 0 saturated carbocycles. The van der Waals surface area contributed by atoms with E-state index in [1.807, 2.05) is 11.5 Å². The fraction of sp³-hybridized carbons (Fsp3) is 0.333. The number of hydrogen-bond donors (Lipinski definition) is 0. The van der Waals surface area contributed by atoms with E-state index in [-0.39, 0.29) is 0 Å². The minimum Gasteiger partial charge on any atom is -0.282 e. The first-order chi connectivity index (χ1) is 7.76. The number of halogens is 1. The van der Waals surface area contributed by atoms with E-state index in [4.69, 9.17) is 11.6 Å². The summed E-state index contributed by atoms with van der Waals surface area (Å²) in [6.07, 6.45) is 1.05. The van der Waals surface area contributed by atoms with E-state index < -0.39 is 0 Å². The highest BCUT2D eigenvalue weighted by molar-refractivity contribution is 6.16. The molecular formula is C12H14ClN3. The third kappa shape index (κ3) is 1.95. The van der Waals surface area contributed by atoms with E-state index >= 15 is 0 Å². The standard InChI is InChI=1S/C12H14ClN3/c1-3-10-4-6-11(7-5-10)16-9(2)14-15-12(16)8-13/h4-7H,3,8H2,1-2H3. The highest BCUT2D eigenvalue weighted by Gasteiger charge is 2.08. The van der Waals surface area contributed by atoms with Gasteiger partial charge in [0.25, 0.3) is 0 Å². The number of benzene rings is 1. The monoisotopic (exact) mass is 235 g/mol. The molecule has 0 saturated heterocycles. The van der Waals surface area contributed by atoms with Crippen LogP contribution >= 0.6 is 11.6 Å². The molecule has 0 amide bonds. The van der Waals surface area contributed by atoms with Crippen LogP contribution in [0.5, 0.6) is 0 Å². The van der Waals surface area contributed by atoms with Crippen molar-refractivity contribution in [2.75, 3.05) is 0 Å². The Kier molecular flexibility index (Phi) is 3.25. The molecule has 0 aliphatic rings. The molecule has 0 unspecified atom stereocenters. The van der Waals surface area contributed by atoms with Crippen molar-refractivity contribution >= 4 is 11.6 Å². The minimum atomic E-state index is 0.371. The number of aromatic nitrogens is 3. The Balaban J connectivity index is 2.45. The van der Waals surface area contributed by atoms with Crippen LogP contribution in [0.1, 0.15) is 24.1 Å². The Morgan fingerprint density at radius 2 is 1.88 bits per heavy atom. The summed E-state index contributed by atoms with van der Waals surface area (Å²) in [6, 6.07) is 8.38. The van der Waals surface area contributed by atoms with Gasteiger partial charge in [-0.2, -0.15) is 0 Å². The Morgan fingerprint density at radius 1 is 1.19 bits per heavy atom. The third-order valence-electron chi connectivity index (χ3n) is 2.61. The summed E-state index contributed by atoms with van der Waals surface area (Å²) in [5, 5.41) is 8.07. The molecule has 0 spiro atoms. The Hall–Kier alpha value is -1.35. The number of rotatable bonds is 3. The smallest absolute Gasteiger partial charge is 0.152 e. The SMILES string of the molecule is CCc1ccc(-n2c(C)nnc2CCl)cc1. The lowest BCUT2D eigenvalue weighted by molar-refractivity contribution is 0.924. The lowest BCUT2D eigenvalue weighted by Gasteiger charge is -2.07. The van der Waals surface area contributed by atoms with E-state index in [1.165, 1.54) is 5.56 Å². The molecule has 0 aliphatic heterocycles. The van der Waals surface area contributed by atoms with Gasteiger partial charge in [-0.1, -0.05) is 19.1 Å². The second kappa shape index (κ2) is 4.66. The second-order valence-electron chi connectivity index (χ2n) is 3.65. The van der Waals surface area contributed by atoms with Gasteiger partial charge in [-0.25, -0.2) is 0 Å². The van der Waals surface area contributed by atoms with Gasteiger partial charge < -0.3 is 0 Å². The quantitative estimate of drug-likeness (QED) is 0.766. The normalized spacial score (nSPS) is 10.7. The zero-order valence-electron chi connectivity index (χ0n) is 9.44. The van der Waals surface area contributed by atoms with Crippen LogP contribution in [0.15, 0.2) is 24.3 Å². The van der Waals surface area contributed by atoms with Crippen LogP contribution in [0.25, 0.3) is 5.69 Å². The summed E-state index contributed by atoms with van der Waals surface area (Å²) in [5.41, 5.74) is 2.39. The summed E-state index contributed by atoms with van der Waals surface area (Å²) in [5.74, 6) is 2.01. The van der Waals surface area contributed by atoms with Gasteiger partial charge in [0.2, 0.25) is 0 Å². The first kappa shape index (κ1) is 11.1. The molecule has 4 heteroatoms. The fourth-order valence-corrected chi connectivity index (χ4v) is 1.88. The molecule has 84 valence electrons. The highest BCUT2D eigenvalue weighted by atomic mass is 35.5. The molecule has 0 atom stereocenters. The molecule has 1 heterocycles. The molecule has 0 radical (unpaired) electrons. The van der Waals surface area contributed by atoms with Crippen molar-refractivity contribution in [1.82, 2.24) is 14.8 Å². The van der Waals surface area contributed by atoms with E-state index in [1.54, 1.807) is 0 Å². The molecular weight excluding hydrogens is 222 g/mol. The van der Waals surface area contributed by atoms with Crippen molar-refractivity contribution < 1.29 is 0 Å². The molecule has 3 nitrogen and oxygen atoms in total. The van der Waals surface area contributed by atoms with Crippen LogP contribution in [-0.4, -0.2) is 14.8 Å². The van der Waals surface area contributed by atoms with E-state index in [2.05, 4.69) is 41.4 Å². The van der Waals surface area contributed by atoms with Crippen LogP contribution < -0.4 is 0 Å². The van der Waals surface area contributed by atoms with Gasteiger partial charge >= 0.3 is 0 Å². The summed E-state index contributed by atoms with van der Waals surface area (Å²) in [4.78, 5) is 0. The fourth-order valence-electron chi connectivity index (χ4n) is 1.71. The first-order valence-corrected chi connectivity index (χ1v) is 5.86. The van der Waals surface area contributed by atoms with Gasteiger partial charge in [-0.3, -0.25) is 4.57 Å². The number of aryl methyl sites for hydroxylation is 2. The van der Waals surface area contributed by atoms with Crippen molar-refractivity contribution in [2.24, 2.45) is 0 Å². The van der Waals surface area contributed by atoms with Gasteiger partial charge in [0.05, 0.1) is 5.88 Å². The Bertz CT molecular complexity index is 474. The maximum atomic E-state index is 5.83. The number of nitrogens with zero attached hydrogens (tertiary/aromatic N) is 3. The van der Waals surface area contributed by atoms with Gasteiger partial charge in [-0.15, -0.1) is 21.8 Å². The van der Waals surface area contributed by atoms with Crippen LogP contribution in [0.3, 0.4) is 0 Å². The average molecular weight is 236 g/mol. The first-order valence-electron chi connectivity index (χ1n) is 5.32. The molecule has 0 N–H and O–H groups in total. The molecule has 1 aromatic carbocycles. The molecule has 2 rings (SSSR count). The van der Waals surface area contributed by atoms with Crippen molar-refractivity contribution in [3.05, 3.63) is 41.5 Å². The summed E-state index contributed by atoms with van der Waals surface area (Å²) in [7, 11) is 0. The van der Waals surface area contributed by atoms with Crippen molar-refractivity contribution in [3.8, 4) is 5.69 Å². The number of alkyl halides is 1. The number of hydrogen-bond acceptors (Lipinski definition) is 2. The molecule has 1 aromatic heterocycles. The largest absolute Gasteiger partial charge is 0.282 e. The minimum absolute atomic E-state index is 0.371. The maximum absolute atomic E-state index is 5.83. The Labute approximate surface area is 100 Å². The van der Waals surface area contributed by atoms with Gasteiger partial charge in [0.1, 0.15) is 5.82 Å². The lowest BCUT2D eigenvalue weighted by Crippen LogP contribution is -2.01. The predicted molar refractivity (Wildman–Crippen MR) is 65.0 cm³/mol. The second-order valence-corrected chi connectivity index (χ2v) is 3.92. The summed E-state index contributed by atoms with van der Waals surface area (Å²) < 4.78 is 1.98. The topological polar surface area (TPSA) is 30.7 Å². The zero-order chi connectivity index (χ0) is 11.5. The van der Waals surface area contributed by atoms with E-state index in [0.717, 1.165) is 23.8 Å². The summed E-state index contributed by atoms with van der Waals surface area (Å²) in [6.45, 7) is 4.07. The predicted octanol–water partition coefficient (Wildman–Crippen LogP) is 2.88. The van der Waals surface area contributed by atoms with Gasteiger partial charge in [0, 0.05) is 5.69 Å². The van der Waals surface area contributed by atoms with Crippen LogP contribution in [-0.2, 0) is 12.3 Å². The van der Waals surface area contributed by atoms with Crippen LogP contribution in [0.4, 0.5) is 0 Å². The Morgan fingerprint density at radius 3 is 2.44 bits per heavy atom.